The molecule has 1 atom stereocenters. The highest BCUT2D eigenvalue weighted by molar-refractivity contribution is 5.59. The van der Waals surface area contributed by atoms with Gasteiger partial charge in [0, 0.05) is 11.8 Å². The molecule has 1 aromatic heterocycles. The van der Waals surface area contributed by atoms with Crippen LogP contribution in [0.3, 0.4) is 0 Å². The third-order valence-electron chi connectivity index (χ3n) is 3.01. The van der Waals surface area contributed by atoms with E-state index in [2.05, 4.69) is 16.0 Å². The number of benzene rings is 1. The molecule has 0 amide bonds. The Balaban J connectivity index is 2.29. The van der Waals surface area contributed by atoms with Crippen molar-refractivity contribution in [2.24, 2.45) is 0 Å². The van der Waals surface area contributed by atoms with Gasteiger partial charge in [-0.3, -0.25) is 0 Å². The number of hydrogen-bond acceptors (Lipinski definition) is 4. The lowest BCUT2D eigenvalue weighted by Gasteiger charge is -2.08. The first-order chi connectivity index (χ1) is 9.78. The summed E-state index contributed by atoms with van der Waals surface area (Å²) in [6.07, 6.45) is 2.41. The zero-order valence-electron chi connectivity index (χ0n) is 11.7. The van der Waals surface area contributed by atoms with Crippen molar-refractivity contribution in [3.8, 4) is 23.1 Å². The van der Waals surface area contributed by atoms with Gasteiger partial charge >= 0.3 is 0 Å². The van der Waals surface area contributed by atoms with E-state index in [9.17, 15) is 0 Å². The van der Waals surface area contributed by atoms with Gasteiger partial charge < -0.3 is 4.74 Å². The molecule has 0 aliphatic heterocycles. The maximum atomic E-state index is 9.09. The minimum absolute atomic E-state index is 0.252. The van der Waals surface area contributed by atoms with Gasteiger partial charge in [0.1, 0.15) is 17.5 Å². The van der Waals surface area contributed by atoms with Gasteiger partial charge in [0.2, 0.25) is 0 Å². The van der Waals surface area contributed by atoms with Crippen molar-refractivity contribution >= 4 is 0 Å². The highest BCUT2D eigenvalue weighted by Crippen LogP contribution is 2.22. The van der Waals surface area contributed by atoms with Crippen LogP contribution in [0.5, 0.6) is 5.75 Å². The summed E-state index contributed by atoms with van der Waals surface area (Å²) < 4.78 is 5.42. The molecule has 20 heavy (non-hydrogen) atoms. The van der Waals surface area contributed by atoms with Crippen molar-refractivity contribution in [2.45, 2.75) is 26.2 Å². The lowest BCUT2D eigenvalue weighted by atomic mass is 10.1. The van der Waals surface area contributed by atoms with Crippen LogP contribution in [0.1, 0.15) is 32.0 Å². The first-order valence-corrected chi connectivity index (χ1v) is 6.74. The normalized spacial score (nSPS) is 11.7. The minimum Gasteiger partial charge on any atom is -0.494 e. The van der Waals surface area contributed by atoms with E-state index in [-0.39, 0.29) is 5.92 Å². The lowest BCUT2D eigenvalue weighted by Crippen LogP contribution is -2.02. The molecule has 0 aliphatic carbocycles. The molecule has 0 bridgehead atoms. The van der Waals surface area contributed by atoms with Crippen LogP contribution >= 0.6 is 0 Å². The largest absolute Gasteiger partial charge is 0.494 e. The maximum absolute atomic E-state index is 9.09. The number of hydrogen-bond donors (Lipinski definition) is 0. The molecule has 0 spiro atoms. The highest BCUT2D eigenvalue weighted by Gasteiger charge is 2.12. The molecule has 0 radical (unpaired) electrons. The van der Waals surface area contributed by atoms with E-state index in [4.69, 9.17) is 10.00 Å². The van der Waals surface area contributed by atoms with E-state index in [1.54, 1.807) is 6.20 Å². The fourth-order valence-corrected chi connectivity index (χ4v) is 1.92. The van der Waals surface area contributed by atoms with Crippen molar-refractivity contribution in [3.05, 3.63) is 42.4 Å². The van der Waals surface area contributed by atoms with Crippen molar-refractivity contribution in [3.63, 3.8) is 0 Å². The van der Waals surface area contributed by atoms with Crippen LogP contribution in [-0.2, 0) is 0 Å². The predicted molar refractivity (Wildman–Crippen MR) is 77.3 cm³/mol. The fraction of sp³-hybridized carbons (Fsp3) is 0.312. The molecule has 1 unspecified atom stereocenters. The molecule has 2 aromatic rings. The summed E-state index contributed by atoms with van der Waals surface area (Å²) in [6.45, 7) is 4.57. The van der Waals surface area contributed by atoms with Gasteiger partial charge in [-0.2, -0.15) is 5.26 Å². The first kappa shape index (κ1) is 14.0. The van der Waals surface area contributed by atoms with Gasteiger partial charge in [0.15, 0.2) is 0 Å². The Kier molecular flexibility index (Phi) is 4.67. The third kappa shape index (κ3) is 3.12. The first-order valence-electron chi connectivity index (χ1n) is 6.74. The van der Waals surface area contributed by atoms with Gasteiger partial charge in [0.25, 0.3) is 0 Å². The summed E-state index contributed by atoms with van der Waals surface area (Å²) in [5, 5.41) is 9.09. The smallest absolute Gasteiger partial charge is 0.146 e. The summed E-state index contributed by atoms with van der Waals surface area (Å²) in [4.78, 5) is 8.68. The number of rotatable bonds is 5. The zero-order chi connectivity index (χ0) is 14.4. The molecule has 0 saturated heterocycles. The van der Waals surface area contributed by atoms with Crippen molar-refractivity contribution in [1.29, 1.82) is 5.26 Å². The van der Waals surface area contributed by atoms with Crippen LogP contribution in [-0.4, -0.2) is 16.6 Å². The minimum atomic E-state index is -0.252. The van der Waals surface area contributed by atoms with Crippen molar-refractivity contribution in [1.82, 2.24) is 9.97 Å². The molecule has 1 aromatic carbocycles. The molecule has 0 aliphatic rings. The van der Waals surface area contributed by atoms with E-state index in [0.29, 0.717) is 18.9 Å². The average molecular weight is 267 g/mol. The molecule has 0 fully saturated rings. The van der Waals surface area contributed by atoms with Gasteiger partial charge in [0.05, 0.1) is 18.4 Å². The van der Waals surface area contributed by atoms with Gasteiger partial charge in [-0.05, 0) is 43.7 Å². The average Bonchev–Trinajstić information content (AvgIpc) is 2.50. The SMILES string of the molecule is CCOc1ccc(-c2ccnc(C(C#N)CC)n2)cc1. The molecule has 0 saturated carbocycles. The quantitative estimate of drug-likeness (QED) is 0.831. The van der Waals surface area contributed by atoms with E-state index >= 15 is 0 Å². The van der Waals surface area contributed by atoms with Crippen LogP contribution in [0.25, 0.3) is 11.3 Å². The van der Waals surface area contributed by atoms with Gasteiger partial charge in [-0.15, -0.1) is 0 Å². The van der Waals surface area contributed by atoms with Gasteiger partial charge in [-0.25, -0.2) is 9.97 Å². The monoisotopic (exact) mass is 267 g/mol. The predicted octanol–water partition coefficient (Wildman–Crippen LogP) is 3.56. The van der Waals surface area contributed by atoms with Crippen molar-refractivity contribution in [2.75, 3.05) is 6.61 Å². The Hall–Kier alpha value is -2.41. The summed E-state index contributed by atoms with van der Waals surface area (Å²) in [5.74, 6) is 1.17. The Morgan fingerprint density at radius 1 is 1.20 bits per heavy atom. The van der Waals surface area contributed by atoms with E-state index in [0.717, 1.165) is 17.0 Å². The highest BCUT2D eigenvalue weighted by atomic mass is 16.5. The van der Waals surface area contributed by atoms with Crippen LogP contribution in [0.2, 0.25) is 0 Å². The molecule has 0 N–H and O–H groups in total. The lowest BCUT2D eigenvalue weighted by molar-refractivity contribution is 0.340. The summed E-state index contributed by atoms with van der Waals surface area (Å²) in [6, 6.07) is 11.8. The van der Waals surface area contributed by atoms with Crippen LogP contribution in [0, 0.1) is 11.3 Å². The number of aromatic nitrogens is 2. The molecule has 1 heterocycles. The third-order valence-corrected chi connectivity index (χ3v) is 3.01. The molecular weight excluding hydrogens is 250 g/mol. The van der Waals surface area contributed by atoms with Crippen molar-refractivity contribution < 1.29 is 4.74 Å². The maximum Gasteiger partial charge on any atom is 0.146 e. The molecular formula is C16H17N3O. The van der Waals surface area contributed by atoms with Crippen LogP contribution in [0.4, 0.5) is 0 Å². The number of ether oxygens (including phenoxy) is 1. The zero-order valence-corrected chi connectivity index (χ0v) is 11.7. The summed E-state index contributed by atoms with van der Waals surface area (Å²) in [7, 11) is 0. The van der Waals surface area contributed by atoms with Gasteiger partial charge in [-0.1, -0.05) is 6.92 Å². The van der Waals surface area contributed by atoms with E-state index in [1.807, 2.05) is 44.2 Å². The topological polar surface area (TPSA) is 58.8 Å². The Morgan fingerprint density at radius 3 is 2.55 bits per heavy atom. The summed E-state index contributed by atoms with van der Waals surface area (Å²) >= 11 is 0. The Morgan fingerprint density at radius 2 is 1.95 bits per heavy atom. The number of nitrogens with zero attached hydrogens (tertiary/aromatic N) is 3. The van der Waals surface area contributed by atoms with Crippen LogP contribution < -0.4 is 4.74 Å². The summed E-state index contributed by atoms with van der Waals surface area (Å²) in [5.41, 5.74) is 1.82. The fourth-order valence-electron chi connectivity index (χ4n) is 1.92. The van der Waals surface area contributed by atoms with E-state index in [1.165, 1.54) is 0 Å². The second kappa shape index (κ2) is 6.67. The Labute approximate surface area is 119 Å². The standard InChI is InChI=1S/C16H17N3O/c1-3-12(11-17)16-18-10-9-15(19-16)13-5-7-14(8-6-13)20-4-2/h5-10,12H,3-4H2,1-2H3. The molecule has 4 nitrogen and oxygen atoms in total. The number of nitriles is 1. The second-order valence-electron chi connectivity index (χ2n) is 4.35. The molecule has 2 rings (SSSR count). The molecule has 102 valence electrons. The molecule has 4 heteroatoms. The van der Waals surface area contributed by atoms with E-state index < -0.39 is 0 Å². The van der Waals surface area contributed by atoms with Crippen LogP contribution in [0.15, 0.2) is 36.5 Å². The second-order valence-corrected chi connectivity index (χ2v) is 4.35. The Bertz CT molecular complexity index is 602.